The van der Waals surface area contributed by atoms with Crippen LogP contribution in [0.3, 0.4) is 0 Å². The van der Waals surface area contributed by atoms with Crippen LogP contribution in [0.4, 0.5) is 10.7 Å². The Morgan fingerprint density at radius 1 is 1.03 bits per heavy atom. The van der Waals surface area contributed by atoms with Crippen molar-refractivity contribution in [2.75, 3.05) is 16.6 Å². The fourth-order valence-corrected chi connectivity index (χ4v) is 4.17. The Balaban J connectivity index is 1.58. The lowest BCUT2D eigenvalue weighted by atomic mass is 10.2. The first kappa shape index (κ1) is 21.0. The van der Waals surface area contributed by atoms with Gasteiger partial charge in [0.25, 0.3) is 15.9 Å². The molecule has 2 aromatic carbocycles. The number of carbonyl (C=O) groups is 2. The number of nitriles is 1. The van der Waals surface area contributed by atoms with Crippen LogP contribution in [0.5, 0.6) is 0 Å². The summed E-state index contributed by atoms with van der Waals surface area (Å²) in [6.07, 6.45) is 0. The molecule has 152 valence electrons. The van der Waals surface area contributed by atoms with E-state index < -0.39 is 28.5 Å². The Labute approximate surface area is 176 Å². The van der Waals surface area contributed by atoms with E-state index in [1.165, 1.54) is 35.6 Å². The first-order valence-electron chi connectivity index (χ1n) is 8.51. The molecule has 0 atom stereocenters. The number of anilines is 2. The van der Waals surface area contributed by atoms with Crippen LogP contribution < -0.4 is 10.0 Å². The molecule has 0 aliphatic rings. The van der Waals surface area contributed by atoms with Crippen LogP contribution in [-0.4, -0.2) is 26.9 Å². The summed E-state index contributed by atoms with van der Waals surface area (Å²) in [7, 11) is -3.81. The molecule has 0 bridgehead atoms. The van der Waals surface area contributed by atoms with Gasteiger partial charge in [0.2, 0.25) is 0 Å². The van der Waals surface area contributed by atoms with Crippen molar-refractivity contribution in [1.82, 2.24) is 0 Å². The van der Waals surface area contributed by atoms with Crippen LogP contribution >= 0.6 is 11.3 Å². The molecule has 1 heterocycles. The van der Waals surface area contributed by atoms with E-state index in [4.69, 9.17) is 10.00 Å². The van der Waals surface area contributed by atoms with E-state index in [-0.39, 0.29) is 10.5 Å². The zero-order valence-electron chi connectivity index (χ0n) is 15.4. The third kappa shape index (κ3) is 5.22. The summed E-state index contributed by atoms with van der Waals surface area (Å²) < 4.78 is 32.2. The summed E-state index contributed by atoms with van der Waals surface area (Å²) in [6.45, 7) is -0.544. The van der Waals surface area contributed by atoms with Crippen molar-refractivity contribution >= 4 is 43.9 Å². The molecule has 3 aromatic rings. The molecule has 0 unspecified atom stereocenters. The molecule has 1 amide bonds. The quantitative estimate of drug-likeness (QED) is 0.542. The molecule has 0 spiro atoms. The van der Waals surface area contributed by atoms with Crippen LogP contribution in [0.25, 0.3) is 0 Å². The van der Waals surface area contributed by atoms with E-state index in [2.05, 4.69) is 10.0 Å². The van der Waals surface area contributed by atoms with E-state index in [0.29, 0.717) is 16.3 Å². The van der Waals surface area contributed by atoms with E-state index in [9.17, 15) is 18.0 Å². The maximum atomic E-state index is 12.4. The van der Waals surface area contributed by atoms with Gasteiger partial charge in [-0.25, -0.2) is 13.2 Å². The van der Waals surface area contributed by atoms with Gasteiger partial charge in [-0.1, -0.05) is 18.2 Å². The number of rotatable bonds is 7. The van der Waals surface area contributed by atoms with Gasteiger partial charge < -0.3 is 10.1 Å². The molecule has 3 rings (SSSR count). The Morgan fingerprint density at radius 2 is 1.73 bits per heavy atom. The van der Waals surface area contributed by atoms with Crippen LogP contribution in [0.15, 0.2) is 70.9 Å². The topological polar surface area (TPSA) is 125 Å². The average molecular weight is 441 g/mol. The number of thiophene rings is 1. The monoisotopic (exact) mass is 441 g/mol. The summed E-state index contributed by atoms with van der Waals surface area (Å²) in [4.78, 5) is 24.0. The van der Waals surface area contributed by atoms with Gasteiger partial charge in [0.15, 0.2) is 6.61 Å². The number of esters is 1. The van der Waals surface area contributed by atoms with Crippen molar-refractivity contribution in [3.8, 4) is 6.07 Å². The summed E-state index contributed by atoms with van der Waals surface area (Å²) >= 11 is 1.18. The molecule has 0 fully saturated rings. The highest BCUT2D eigenvalue weighted by molar-refractivity contribution is 7.92. The van der Waals surface area contributed by atoms with Crippen LogP contribution in [-0.2, 0) is 19.6 Å². The molecule has 0 saturated heterocycles. The number of para-hydroxylation sites is 1. The highest BCUT2D eigenvalue weighted by atomic mass is 32.2. The largest absolute Gasteiger partial charge is 0.452 e. The molecule has 0 aliphatic carbocycles. The Bertz CT molecular complexity index is 1200. The van der Waals surface area contributed by atoms with E-state index in [1.807, 2.05) is 6.07 Å². The second-order valence-electron chi connectivity index (χ2n) is 5.90. The van der Waals surface area contributed by atoms with Crippen molar-refractivity contribution in [2.45, 2.75) is 4.90 Å². The van der Waals surface area contributed by atoms with Gasteiger partial charge >= 0.3 is 5.97 Å². The second kappa shape index (κ2) is 9.21. The first-order valence-corrected chi connectivity index (χ1v) is 10.9. The standard InChI is InChI=1S/C20H15N3O5S2/c21-12-15-10-11-29-19(15)22-18(24)13-28-20(25)14-6-8-17(9-7-14)30(26,27)23-16-4-2-1-3-5-16/h1-11,23H,13H2,(H,22,24). The summed E-state index contributed by atoms with van der Waals surface area (Å²) in [5.74, 6) is -1.37. The number of amides is 1. The molecule has 0 saturated carbocycles. The first-order chi connectivity index (χ1) is 14.4. The zero-order chi connectivity index (χ0) is 21.6. The van der Waals surface area contributed by atoms with Gasteiger partial charge in [0.05, 0.1) is 16.0 Å². The fraction of sp³-hybridized carbons (Fsp3) is 0.0500. The van der Waals surface area contributed by atoms with Crippen molar-refractivity contribution in [3.63, 3.8) is 0 Å². The smallest absolute Gasteiger partial charge is 0.338 e. The van der Waals surface area contributed by atoms with Gasteiger partial charge in [-0.15, -0.1) is 11.3 Å². The number of ether oxygens (including phenoxy) is 1. The SMILES string of the molecule is N#Cc1ccsc1NC(=O)COC(=O)c1ccc(S(=O)(=O)Nc2ccccc2)cc1. The molecule has 8 nitrogen and oxygen atoms in total. The molecular formula is C20H15N3O5S2. The fourth-order valence-electron chi connectivity index (χ4n) is 2.36. The van der Waals surface area contributed by atoms with Crippen LogP contribution in [0, 0.1) is 11.3 Å². The summed E-state index contributed by atoms with van der Waals surface area (Å²) in [5.41, 5.74) is 0.827. The minimum atomic E-state index is -3.81. The highest BCUT2D eigenvalue weighted by Gasteiger charge is 2.16. The number of hydrogen-bond acceptors (Lipinski definition) is 7. The summed E-state index contributed by atoms with van der Waals surface area (Å²) in [6, 6.07) is 17.0. The zero-order valence-corrected chi connectivity index (χ0v) is 17.0. The van der Waals surface area contributed by atoms with Gasteiger partial charge in [0.1, 0.15) is 11.1 Å². The molecule has 30 heavy (non-hydrogen) atoms. The van der Waals surface area contributed by atoms with Crippen molar-refractivity contribution in [2.24, 2.45) is 0 Å². The lowest BCUT2D eigenvalue weighted by Crippen LogP contribution is -2.21. The average Bonchev–Trinajstić information content (AvgIpc) is 3.19. The Kier molecular flexibility index (Phi) is 6.46. The Hall–Kier alpha value is -3.68. The number of nitrogens with zero attached hydrogens (tertiary/aromatic N) is 1. The van der Waals surface area contributed by atoms with Crippen molar-refractivity contribution in [3.05, 3.63) is 77.2 Å². The maximum absolute atomic E-state index is 12.4. The predicted octanol–water partition coefficient (Wildman–Crippen LogP) is 3.22. The molecule has 10 heteroatoms. The predicted molar refractivity (Wildman–Crippen MR) is 112 cm³/mol. The molecule has 0 radical (unpaired) electrons. The minimum Gasteiger partial charge on any atom is -0.452 e. The van der Waals surface area contributed by atoms with Gasteiger partial charge in [-0.2, -0.15) is 5.26 Å². The third-order valence-electron chi connectivity index (χ3n) is 3.80. The van der Waals surface area contributed by atoms with Crippen LogP contribution in [0.1, 0.15) is 15.9 Å². The lowest BCUT2D eigenvalue weighted by molar-refractivity contribution is -0.119. The van der Waals surface area contributed by atoms with Crippen molar-refractivity contribution < 1.29 is 22.7 Å². The molecule has 2 N–H and O–H groups in total. The normalized spacial score (nSPS) is 10.6. The number of benzene rings is 2. The third-order valence-corrected chi connectivity index (χ3v) is 6.03. The summed E-state index contributed by atoms with van der Waals surface area (Å²) in [5, 5.41) is 13.4. The molecule has 1 aromatic heterocycles. The van der Waals surface area contributed by atoms with Crippen molar-refractivity contribution in [1.29, 1.82) is 5.26 Å². The van der Waals surface area contributed by atoms with Gasteiger partial charge in [-0.05, 0) is 47.8 Å². The number of carbonyl (C=O) groups excluding carboxylic acids is 2. The number of hydrogen-bond donors (Lipinski definition) is 2. The molecular weight excluding hydrogens is 426 g/mol. The van der Waals surface area contributed by atoms with Crippen LogP contribution in [0.2, 0.25) is 0 Å². The van der Waals surface area contributed by atoms with E-state index >= 15 is 0 Å². The number of sulfonamides is 1. The maximum Gasteiger partial charge on any atom is 0.338 e. The second-order valence-corrected chi connectivity index (χ2v) is 8.49. The lowest BCUT2D eigenvalue weighted by Gasteiger charge is -2.09. The minimum absolute atomic E-state index is 0.0256. The van der Waals surface area contributed by atoms with E-state index in [1.54, 1.807) is 41.8 Å². The highest BCUT2D eigenvalue weighted by Crippen LogP contribution is 2.22. The Morgan fingerprint density at radius 3 is 2.40 bits per heavy atom. The van der Waals surface area contributed by atoms with Gasteiger partial charge in [-0.3, -0.25) is 9.52 Å². The van der Waals surface area contributed by atoms with E-state index in [0.717, 1.165) is 0 Å². The number of nitrogens with one attached hydrogen (secondary N) is 2. The van der Waals surface area contributed by atoms with Gasteiger partial charge in [0, 0.05) is 5.69 Å². The molecule has 0 aliphatic heterocycles.